The molecule has 0 radical (unpaired) electrons. The maximum absolute atomic E-state index is 12.2. The summed E-state index contributed by atoms with van der Waals surface area (Å²) in [5.41, 5.74) is 16.7. The van der Waals surface area contributed by atoms with Gasteiger partial charge in [0.15, 0.2) is 0 Å². The quantitative estimate of drug-likeness (QED) is 0.147. The van der Waals surface area contributed by atoms with Crippen molar-refractivity contribution in [1.29, 1.82) is 0 Å². The summed E-state index contributed by atoms with van der Waals surface area (Å²) in [6.07, 6.45) is 1.87. The van der Waals surface area contributed by atoms with E-state index in [1.807, 2.05) is 38.2 Å². The van der Waals surface area contributed by atoms with E-state index in [-0.39, 0.29) is 49.5 Å². The molecular formula is C59H62N3OPt-. The first-order valence-electron chi connectivity index (χ1n) is 22.9. The van der Waals surface area contributed by atoms with Crippen LogP contribution >= 0.6 is 0 Å². The first-order valence-corrected chi connectivity index (χ1v) is 22.4. The van der Waals surface area contributed by atoms with Crippen molar-refractivity contribution in [2.45, 2.75) is 112 Å². The van der Waals surface area contributed by atoms with E-state index in [1.54, 1.807) is 0 Å². The van der Waals surface area contributed by atoms with Gasteiger partial charge in [-0.3, -0.25) is 9.55 Å². The van der Waals surface area contributed by atoms with Crippen LogP contribution in [0.4, 0.5) is 0 Å². The minimum Gasteiger partial charge on any atom is -0.507 e. The summed E-state index contributed by atoms with van der Waals surface area (Å²) in [4.78, 5) is 10.5. The van der Waals surface area contributed by atoms with Crippen molar-refractivity contribution in [3.05, 3.63) is 167 Å². The fourth-order valence-corrected chi connectivity index (χ4v) is 8.58. The third-order valence-corrected chi connectivity index (χ3v) is 12.4. The molecule has 0 saturated carbocycles. The van der Waals surface area contributed by atoms with Crippen LogP contribution in [0.15, 0.2) is 134 Å². The molecule has 0 bridgehead atoms. The van der Waals surface area contributed by atoms with Crippen molar-refractivity contribution in [2.75, 3.05) is 0 Å². The number of phenols is 1. The fraction of sp³-hybridized carbons (Fsp3) is 0.288. The molecule has 0 unspecified atom stereocenters. The fourth-order valence-electron chi connectivity index (χ4n) is 8.58. The zero-order valence-electron chi connectivity index (χ0n) is 40.5. The molecule has 0 aliphatic heterocycles. The van der Waals surface area contributed by atoms with Crippen LogP contribution in [-0.2, 0) is 31.9 Å². The van der Waals surface area contributed by atoms with E-state index in [4.69, 9.17) is 11.3 Å². The Hall–Kier alpha value is -5.57. The van der Waals surface area contributed by atoms with Crippen LogP contribution in [-0.4, -0.2) is 19.6 Å². The Morgan fingerprint density at radius 3 is 1.95 bits per heavy atom. The Morgan fingerprint density at radius 1 is 0.609 bits per heavy atom. The largest absolute Gasteiger partial charge is 0.507 e. The van der Waals surface area contributed by atoms with Crippen LogP contribution in [0, 0.1) is 6.07 Å². The smallest absolute Gasteiger partial charge is 0.148 e. The average molecular weight is 1030 g/mol. The molecule has 0 spiro atoms. The number of aromatic nitrogens is 3. The zero-order valence-corrected chi connectivity index (χ0v) is 41.7. The predicted molar refractivity (Wildman–Crippen MR) is 266 cm³/mol. The standard InChI is InChI=1S/C59H62N3O.Pt/c1-36(2)39-21-23-40(24-22-39)42-27-28-60-53(34-42)45-29-44(30-46(31-45)58(7,8)9)49-19-16-20-54-55(49)61-57(51-33-43(37(3)4)32-50(38(5)6)56(51)63)62(54)47-25-26-48(41-17-14-13-15-18-41)52(35-47)59(10,11)12;/h13-28,30-38,63H,1-12H3;/q-1;/i36D;. The SMILES string of the molecule is [2H]C(C)(C)c1ccc(-c2ccnc(-c3[c-]c(-c4cccc5c4nc(-c4cc(C(C)C)cc(C(C)C)c4O)n5-c4ccc(-c5ccccc5)c(C(C)(C)C)c4)cc(C(C)(C)C)c3)c2)cc1.[Pt]. The minimum atomic E-state index is -0.669. The van der Waals surface area contributed by atoms with Gasteiger partial charge in [-0.2, -0.15) is 0 Å². The number of hydrogen-bond acceptors (Lipinski definition) is 3. The molecule has 0 atom stereocenters. The van der Waals surface area contributed by atoms with Gasteiger partial charge in [0.2, 0.25) is 0 Å². The molecule has 0 fully saturated rings. The van der Waals surface area contributed by atoms with Crippen molar-refractivity contribution >= 4 is 11.0 Å². The molecule has 1 N–H and O–H groups in total. The van der Waals surface area contributed by atoms with Crippen LogP contribution in [0.5, 0.6) is 5.75 Å². The summed E-state index contributed by atoms with van der Waals surface area (Å²) in [5.74, 6) is 0.648. The molecule has 8 aromatic rings. The van der Waals surface area contributed by atoms with Crippen LogP contribution in [0.1, 0.15) is 130 Å². The summed E-state index contributed by atoms with van der Waals surface area (Å²) < 4.78 is 10.7. The van der Waals surface area contributed by atoms with Crippen molar-refractivity contribution in [3.63, 3.8) is 0 Å². The van der Waals surface area contributed by atoms with E-state index in [0.29, 0.717) is 5.82 Å². The van der Waals surface area contributed by atoms with Gasteiger partial charge in [0.1, 0.15) is 11.6 Å². The minimum absolute atomic E-state index is 0. The van der Waals surface area contributed by atoms with E-state index in [1.165, 1.54) is 16.7 Å². The predicted octanol–water partition coefficient (Wildman–Crippen LogP) is 16.2. The number of para-hydroxylation sites is 1. The maximum atomic E-state index is 12.2. The molecule has 8 rings (SSSR count). The van der Waals surface area contributed by atoms with Gasteiger partial charge in [0, 0.05) is 40.0 Å². The molecule has 2 aromatic heterocycles. The second kappa shape index (κ2) is 18.1. The summed E-state index contributed by atoms with van der Waals surface area (Å²) in [6, 6.07) is 48.8. The van der Waals surface area contributed by atoms with Crippen LogP contribution in [0.2, 0.25) is 0 Å². The van der Waals surface area contributed by atoms with E-state index in [9.17, 15) is 5.11 Å². The molecule has 330 valence electrons. The summed E-state index contributed by atoms with van der Waals surface area (Å²) in [6.45, 7) is 26.0. The Balaban J connectivity index is 0.00000630. The number of rotatable bonds is 9. The van der Waals surface area contributed by atoms with Crippen molar-refractivity contribution in [1.82, 2.24) is 14.5 Å². The Morgan fingerprint density at radius 2 is 1.31 bits per heavy atom. The van der Waals surface area contributed by atoms with E-state index in [0.717, 1.165) is 78.0 Å². The van der Waals surface area contributed by atoms with E-state index in [2.05, 4.69) is 189 Å². The molecule has 5 heteroatoms. The van der Waals surface area contributed by atoms with Gasteiger partial charge < -0.3 is 5.11 Å². The number of imidazole rings is 1. The molecule has 4 nitrogen and oxygen atoms in total. The molecular weight excluding hydrogens is 962 g/mol. The average Bonchev–Trinajstić information content (AvgIpc) is 3.65. The molecule has 0 aliphatic rings. The van der Waals surface area contributed by atoms with Crippen molar-refractivity contribution in [3.8, 4) is 67.5 Å². The van der Waals surface area contributed by atoms with Crippen LogP contribution in [0.25, 0.3) is 72.7 Å². The van der Waals surface area contributed by atoms with Gasteiger partial charge in [-0.1, -0.05) is 179 Å². The number of pyridine rings is 1. The number of nitrogens with zero attached hydrogens (tertiary/aromatic N) is 3. The summed E-state index contributed by atoms with van der Waals surface area (Å²) in [5, 5.41) is 12.2. The Labute approximate surface area is 397 Å². The molecule has 0 aliphatic carbocycles. The monoisotopic (exact) mass is 1020 g/mol. The topological polar surface area (TPSA) is 50.9 Å². The number of hydrogen-bond donors (Lipinski definition) is 1. The van der Waals surface area contributed by atoms with Gasteiger partial charge in [-0.15, -0.1) is 29.3 Å². The van der Waals surface area contributed by atoms with Crippen molar-refractivity contribution < 1.29 is 27.5 Å². The third kappa shape index (κ3) is 9.18. The molecule has 0 amide bonds. The summed E-state index contributed by atoms with van der Waals surface area (Å²) in [7, 11) is 0. The zero-order chi connectivity index (χ0) is 45.9. The van der Waals surface area contributed by atoms with Gasteiger partial charge in [-0.25, -0.2) is 4.98 Å². The molecule has 6 aromatic carbocycles. The van der Waals surface area contributed by atoms with E-state index >= 15 is 0 Å². The third-order valence-electron chi connectivity index (χ3n) is 12.4. The second-order valence-electron chi connectivity index (χ2n) is 20.1. The number of fused-ring (bicyclic) bond motifs is 1. The van der Waals surface area contributed by atoms with Gasteiger partial charge >= 0.3 is 0 Å². The van der Waals surface area contributed by atoms with Crippen LogP contribution < -0.4 is 0 Å². The number of benzene rings is 6. The van der Waals surface area contributed by atoms with Gasteiger partial charge in [0.05, 0.1) is 16.6 Å². The Kier molecular flexibility index (Phi) is 12.8. The molecule has 2 heterocycles. The number of aromatic hydroxyl groups is 1. The van der Waals surface area contributed by atoms with Crippen molar-refractivity contribution in [2.24, 2.45) is 0 Å². The van der Waals surface area contributed by atoms with Crippen LogP contribution in [0.3, 0.4) is 0 Å². The first-order chi connectivity index (χ1) is 30.2. The maximum Gasteiger partial charge on any atom is 0.148 e. The molecule has 64 heavy (non-hydrogen) atoms. The second-order valence-corrected chi connectivity index (χ2v) is 20.1. The first kappa shape index (κ1) is 45.0. The normalized spacial score (nSPS) is 12.5. The van der Waals surface area contributed by atoms with Gasteiger partial charge in [0.25, 0.3) is 0 Å². The molecule has 0 saturated heterocycles. The number of phenolic OH excluding ortho intramolecular Hbond substituents is 1. The van der Waals surface area contributed by atoms with E-state index < -0.39 is 5.89 Å². The Bertz CT molecular complexity index is 3000. The summed E-state index contributed by atoms with van der Waals surface area (Å²) >= 11 is 0. The van der Waals surface area contributed by atoms with Gasteiger partial charge in [-0.05, 0) is 103 Å².